The number of anilines is 2. The Balaban J connectivity index is 1.34. The maximum absolute atomic E-state index is 14.0. The van der Waals surface area contributed by atoms with Gasteiger partial charge in [0, 0.05) is 16.5 Å². The van der Waals surface area contributed by atoms with Crippen LogP contribution in [-0.4, -0.2) is 40.1 Å². The molecule has 3 amide bonds. The number of nitrogens with zero attached hydrogens (tertiary/aromatic N) is 2. The Bertz CT molecular complexity index is 1910. The highest BCUT2D eigenvalue weighted by atomic mass is 32.2. The zero-order chi connectivity index (χ0) is 32.7. The molecular formula is C32H24F3N3O6S2. The number of carbonyl (C=O) groups is 4. The number of hydrogen-bond donors (Lipinski definition) is 1. The van der Waals surface area contributed by atoms with E-state index in [1.54, 1.807) is 37.3 Å². The number of aromatic nitrogens is 1. The molecule has 3 unspecified atom stereocenters. The summed E-state index contributed by atoms with van der Waals surface area (Å²) in [6.45, 7) is 1.35. The molecule has 2 aliphatic heterocycles. The van der Waals surface area contributed by atoms with Gasteiger partial charge in [0.05, 0.1) is 34.4 Å². The Labute approximate surface area is 268 Å². The first kappa shape index (κ1) is 31.3. The van der Waals surface area contributed by atoms with Crippen LogP contribution in [0.4, 0.5) is 24.5 Å². The number of thioether (sulfide) groups is 1. The van der Waals surface area contributed by atoms with Crippen LogP contribution in [0.3, 0.4) is 0 Å². The van der Waals surface area contributed by atoms with Crippen LogP contribution in [0.25, 0.3) is 0 Å². The summed E-state index contributed by atoms with van der Waals surface area (Å²) in [5, 5.41) is 1.81. The van der Waals surface area contributed by atoms with Crippen molar-refractivity contribution >= 4 is 58.2 Å². The number of imide groups is 1. The second-order valence-electron chi connectivity index (χ2n) is 10.5. The summed E-state index contributed by atoms with van der Waals surface area (Å²) in [6.07, 6.45) is -4.61. The minimum atomic E-state index is -4.61. The van der Waals surface area contributed by atoms with Crippen molar-refractivity contribution in [3.63, 3.8) is 0 Å². The minimum absolute atomic E-state index is 0.0898. The van der Waals surface area contributed by atoms with E-state index in [1.807, 2.05) is 0 Å². The minimum Gasteiger partial charge on any atom is -0.462 e. The number of thiazole rings is 1. The summed E-state index contributed by atoms with van der Waals surface area (Å²) in [4.78, 5) is 67.4. The number of rotatable bonds is 7. The van der Waals surface area contributed by atoms with Crippen molar-refractivity contribution in [2.45, 2.75) is 35.8 Å². The first-order valence-electron chi connectivity index (χ1n) is 14.0. The molecule has 1 aromatic heterocycles. The molecule has 14 heteroatoms. The van der Waals surface area contributed by atoms with E-state index in [0.29, 0.717) is 15.5 Å². The van der Waals surface area contributed by atoms with E-state index in [1.165, 1.54) is 34.9 Å². The average Bonchev–Trinajstić information content (AvgIpc) is 3.47. The number of amides is 3. The predicted molar refractivity (Wildman–Crippen MR) is 165 cm³/mol. The monoisotopic (exact) mass is 667 g/mol. The smallest absolute Gasteiger partial charge is 0.416 e. The van der Waals surface area contributed by atoms with Gasteiger partial charge in [0.25, 0.3) is 0 Å². The Hall–Kier alpha value is -4.69. The molecular weight excluding hydrogens is 643 g/mol. The van der Waals surface area contributed by atoms with Crippen molar-refractivity contribution in [3.8, 4) is 0 Å². The van der Waals surface area contributed by atoms with E-state index in [4.69, 9.17) is 4.74 Å². The fourth-order valence-electron chi connectivity index (χ4n) is 5.61. The molecule has 0 aliphatic carbocycles. The molecule has 236 valence electrons. The largest absolute Gasteiger partial charge is 0.462 e. The zero-order valence-electron chi connectivity index (χ0n) is 23.9. The standard InChI is InChI=1S/C32H24F3N3O6S2/c1-2-44-30(42)18-11-13-21(14-12-18)38-27(40)24-23(17-7-4-3-5-8-17)26-29(45-25(24)28(38)41)37(31(43)46-26)16-22(39)36-20-10-6-9-19(15-20)32(33,34)35/h3-15,23-25H,2,16H2,1H3,(H,36,39). The number of halogens is 3. The van der Waals surface area contributed by atoms with Gasteiger partial charge in [-0.3, -0.25) is 23.7 Å². The molecule has 1 fully saturated rings. The molecule has 2 aliphatic rings. The fraction of sp³-hybridized carbons (Fsp3) is 0.219. The third kappa shape index (κ3) is 5.73. The quantitative estimate of drug-likeness (QED) is 0.203. The summed E-state index contributed by atoms with van der Waals surface area (Å²) in [6, 6.07) is 19.0. The number of fused-ring (bicyclic) bond motifs is 2. The summed E-state index contributed by atoms with van der Waals surface area (Å²) in [7, 11) is 0. The van der Waals surface area contributed by atoms with Gasteiger partial charge in [0.15, 0.2) is 0 Å². The van der Waals surface area contributed by atoms with Crippen LogP contribution < -0.4 is 15.1 Å². The molecule has 9 nitrogen and oxygen atoms in total. The number of alkyl halides is 3. The molecule has 3 atom stereocenters. The van der Waals surface area contributed by atoms with Crippen molar-refractivity contribution < 1.29 is 37.1 Å². The van der Waals surface area contributed by atoms with E-state index in [9.17, 15) is 37.1 Å². The number of nitrogens with one attached hydrogen (secondary N) is 1. The van der Waals surface area contributed by atoms with Crippen LogP contribution >= 0.6 is 23.1 Å². The van der Waals surface area contributed by atoms with Gasteiger partial charge < -0.3 is 10.1 Å². The number of hydrogen-bond acceptors (Lipinski definition) is 8. The molecule has 1 N–H and O–H groups in total. The summed E-state index contributed by atoms with van der Waals surface area (Å²) in [5.74, 6) is -3.83. The number of ether oxygens (including phenoxy) is 1. The van der Waals surface area contributed by atoms with Crippen LogP contribution in [0.2, 0.25) is 0 Å². The lowest BCUT2D eigenvalue weighted by molar-refractivity contribution is -0.137. The second kappa shape index (κ2) is 12.2. The highest BCUT2D eigenvalue weighted by molar-refractivity contribution is 8.00. The molecule has 0 spiro atoms. The first-order chi connectivity index (χ1) is 22.0. The fourth-order valence-corrected chi connectivity index (χ4v) is 8.38. The van der Waals surface area contributed by atoms with E-state index < -0.39 is 63.9 Å². The summed E-state index contributed by atoms with van der Waals surface area (Å²) < 4.78 is 45.7. The normalized spacial score (nSPS) is 19.0. The maximum Gasteiger partial charge on any atom is 0.416 e. The van der Waals surface area contributed by atoms with Gasteiger partial charge in [-0.25, -0.2) is 9.69 Å². The van der Waals surface area contributed by atoms with Crippen LogP contribution in [-0.2, 0) is 31.8 Å². The molecule has 0 saturated carbocycles. The van der Waals surface area contributed by atoms with Crippen LogP contribution in [0.5, 0.6) is 0 Å². The third-order valence-corrected chi connectivity index (χ3v) is 10.2. The molecule has 46 heavy (non-hydrogen) atoms. The van der Waals surface area contributed by atoms with E-state index >= 15 is 0 Å². The molecule has 1 saturated heterocycles. The number of esters is 1. The second-order valence-corrected chi connectivity index (χ2v) is 12.6. The van der Waals surface area contributed by atoms with Crippen molar-refractivity contribution in [1.82, 2.24) is 4.57 Å². The van der Waals surface area contributed by atoms with E-state index in [0.717, 1.165) is 46.2 Å². The lowest BCUT2D eigenvalue weighted by atomic mass is 9.83. The number of benzene rings is 3. The van der Waals surface area contributed by atoms with Gasteiger partial charge in [-0.05, 0) is 55.0 Å². The van der Waals surface area contributed by atoms with Gasteiger partial charge >= 0.3 is 17.0 Å². The predicted octanol–water partition coefficient (Wildman–Crippen LogP) is 5.54. The molecule has 3 aromatic carbocycles. The maximum atomic E-state index is 14.0. The van der Waals surface area contributed by atoms with E-state index in [-0.39, 0.29) is 23.5 Å². The number of carbonyl (C=O) groups excluding carboxylic acids is 4. The molecule has 6 rings (SSSR count). The molecule has 3 heterocycles. The van der Waals surface area contributed by atoms with Crippen molar-refractivity contribution in [3.05, 3.63) is 110 Å². The Kier molecular flexibility index (Phi) is 8.33. The van der Waals surface area contributed by atoms with Crippen LogP contribution in [0, 0.1) is 5.92 Å². The van der Waals surface area contributed by atoms with Gasteiger partial charge in [0.2, 0.25) is 17.7 Å². The Morgan fingerprint density at radius 1 is 0.935 bits per heavy atom. The highest BCUT2D eigenvalue weighted by Crippen LogP contribution is 2.53. The highest BCUT2D eigenvalue weighted by Gasteiger charge is 2.56. The molecule has 4 aromatic rings. The average molecular weight is 668 g/mol. The van der Waals surface area contributed by atoms with E-state index in [2.05, 4.69) is 5.32 Å². The summed E-state index contributed by atoms with van der Waals surface area (Å²) >= 11 is 1.87. The Morgan fingerprint density at radius 2 is 1.65 bits per heavy atom. The van der Waals surface area contributed by atoms with Gasteiger partial charge in [-0.1, -0.05) is 59.5 Å². The zero-order valence-corrected chi connectivity index (χ0v) is 25.6. The molecule has 0 radical (unpaired) electrons. The van der Waals surface area contributed by atoms with Crippen molar-refractivity contribution in [2.24, 2.45) is 5.92 Å². The molecule has 0 bridgehead atoms. The lowest BCUT2D eigenvalue weighted by Gasteiger charge is -2.30. The van der Waals surface area contributed by atoms with Gasteiger partial charge in [-0.15, -0.1) is 0 Å². The lowest BCUT2D eigenvalue weighted by Crippen LogP contribution is -2.33. The Morgan fingerprint density at radius 3 is 2.33 bits per heavy atom. The summed E-state index contributed by atoms with van der Waals surface area (Å²) in [5.41, 5.74) is 0.195. The third-order valence-electron chi connectivity index (χ3n) is 7.62. The van der Waals surface area contributed by atoms with Crippen LogP contribution in [0.1, 0.15) is 39.2 Å². The van der Waals surface area contributed by atoms with Gasteiger partial charge in [-0.2, -0.15) is 13.2 Å². The SMILES string of the molecule is CCOC(=O)c1ccc(N2C(=O)C3Sc4c(sc(=O)n4CC(=O)Nc4cccc(C(F)(F)F)c4)C(c4ccccc4)C3C2=O)cc1. The van der Waals surface area contributed by atoms with Crippen molar-refractivity contribution in [2.75, 3.05) is 16.8 Å². The topological polar surface area (TPSA) is 115 Å². The van der Waals surface area contributed by atoms with Gasteiger partial charge in [0.1, 0.15) is 11.8 Å². The first-order valence-corrected chi connectivity index (χ1v) is 15.7. The van der Waals surface area contributed by atoms with Crippen molar-refractivity contribution in [1.29, 1.82) is 0 Å². The van der Waals surface area contributed by atoms with Crippen LogP contribution in [0.15, 0.2) is 88.7 Å².